The van der Waals surface area contributed by atoms with E-state index in [0.717, 1.165) is 21.9 Å². The lowest BCUT2D eigenvalue weighted by molar-refractivity contribution is 1.09. The quantitative estimate of drug-likeness (QED) is 0.500. The van der Waals surface area contributed by atoms with Gasteiger partial charge in [-0.2, -0.15) is 15.0 Å². The Morgan fingerprint density at radius 1 is 0.538 bits per heavy atom. The minimum Gasteiger partial charge on any atom is -0.368 e. The van der Waals surface area contributed by atoms with Crippen molar-refractivity contribution >= 4 is 34.0 Å². The first-order valence-electron chi connectivity index (χ1n) is 7.92. The number of nitrogen functional groups attached to an aromatic ring is 2. The Bertz CT molecular complexity index is 1190. The number of nitrogens with two attached hydrogens (primary N) is 2. The molecule has 2 aromatic carbocycles. The predicted octanol–water partition coefficient (Wildman–Crippen LogP) is 2.30. The summed E-state index contributed by atoms with van der Waals surface area (Å²) in [6.45, 7) is 0. The Hall–Kier alpha value is -3.94. The van der Waals surface area contributed by atoms with Gasteiger partial charge < -0.3 is 11.5 Å². The second-order valence-corrected chi connectivity index (χ2v) is 5.78. The lowest BCUT2D eigenvalue weighted by Crippen LogP contribution is -2.06. The molecule has 0 spiro atoms. The summed E-state index contributed by atoms with van der Waals surface area (Å²) in [4.78, 5) is 26.1. The molecule has 0 unspecified atom stereocenters. The topological polar surface area (TPSA) is 129 Å². The third-order valence-corrected chi connectivity index (χ3v) is 4.11. The van der Waals surface area contributed by atoms with Gasteiger partial charge in [0.25, 0.3) is 0 Å². The Balaban J connectivity index is 1.85. The van der Waals surface area contributed by atoms with Gasteiger partial charge in [-0.25, -0.2) is 15.0 Å². The number of nitrogens with zero attached hydrogens (tertiary/aromatic N) is 6. The maximum absolute atomic E-state index is 5.74. The highest BCUT2D eigenvalue weighted by molar-refractivity contribution is 6.07. The first-order valence-corrected chi connectivity index (χ1v) is 7.92. The van der Waals surface area contributed by atoms with E-state index in [1.165, 1.54) is 0 Å². The highest BCUT2D eigenvalue weighted by atomic mass is 15.1. The molecule has 0 radical (unpaired) electrons. The summed E-state index contributed by atoms with van der Waals surface area (Å²) in [5.41, 5.74) is 14.3. The number of pyridine rings is 1. The number of hydrogen-bond acceptors (Lipinski definition) is 8. The van der Waals surface area contributed by atoms with Gasteiger partial charge in [-0.3, -0.25) is 0 Å². The molecule has 0 atom stereocenters. The van der Waals surface area contributed by atoms with Gasteiger partial charge in [-0.1, -0.05) is 48.5 Å². The molecule has 3 heterocycles. The summed E-state index contributed by atoms with van der Waals surface area (Å²) in [6.07, 6.45) is 0. The molecule has 4 N–H and O–H groups in total. The molecule has 0 aliphatic carbocycles. The van der Waals surface area contributed by atoms with Crippen molar-refractivity contribution in [2.24, 2.45) is 0 Å². The summed E-state index contributed by atoms with van der Waals surface area (Å²) in [5.74, 6) is 1.14. The molecule has 0 fully saturated rings. The highest BCUT2D eigenvalue weighted by Crippen LogP contribution is 2.34. The standard InChI is InChI=1S/C18H12N8/c19-17-24-16(25-18(20)26-17)12-10-7-4-8-11(12)15-22-13(21-14(10)23-15)9-5-2-1-3-6-9/h1-8H,(H4,19,20,24,25,26). The van der Waals surface area contributed by atoms with Crippen molar-refractivity contribution in [3.63, 3.8) is 0 Å². The van der Waals surface area contributed by atoms with E-state index in [-0.39, 0.29) is 11.9 Å². The zero-order chi connectivity index (χ0) is 17.7. The van der Waals surface area contributed by atoms with E-state index in [1.807, 2.05) is 48.5 Å². The SMILES string of the molecule is Nc1nc(N)nc(-c2c3cccc2c2nc(-c4ccccc4)nc3n2)n1. The zero-order valence-electron chi connectivity index (χ0n) is 13.5. The van der Waals surface area contributed by atoms with Crippen molar-refractivity contribution in [3.05, 3.63) is 48.5 Å². The van der Waals surface area contributed by atoms with Crippen molar-refractivity contribution < 1.29 is 0 Å². The Labute approximate surface area is 147 Å². The van der Waals surface area contributed by atoms with Crippen LogP contribution in [0.25, 0.3) is 44.8 Å². The summed E-state index contributed by atoms with van der Waals surface area (Å²) < 4.78 is 0. The van der Waals surface area contributed by atoms with Crippen molar-refractivity contribution in [1.82, 2.24) is 29.9 Å². The monoisotopic (exact) mass is 340 g/mol. The Kier molecular flexibility index (Phi) is 2.93. The molecule has 0 saturated heterocycles. The van der Waals surface area contributed by atoms with E-state index in [1.54, 1.807) is 0 Å². The molecule has 4 bridgehead atoms. The molecule has 5 rings (SSSR count). The van der Waals surface area contributed by atoms with Crippen LogP contribution in [0, 0.1) is 0 Å². The molecule has 0 saturated carbocycles. The van der Waals surface area contributed by atoms with Gasteiger partial charge in [0.1, 0.15) is 0 Å². The number of benzene rings is 2. The molecule has 8 heteroatoms. The molecule has 124 valence electrons. The average Bonchev–Trinajstić information content (AvgIpc) is 2.66. The van der Waals surface area contributed by atoms with Crippen LogP contribution >= 0.6 is 0 Å². The van der Waals surface area contributed by atoms with Gasteiger partial charge in [0.15, 0.2) is 22.9 Å². The molecule has 3 aromatic heterocycles. The van der Waals surface area contributed by atoms with Crippen LogP contribution in [-0.4, -0.2) is 29.9 Å². The zero-order valence-corrected chi connectivity index (χ0v) is 13.5. The van der Waals surface area contributed by atoms with Gasteiger partial charge >= 0.3 is 0 Å². The minimum absolute atomic E-state index is 0.0661. The second kappa shape index (κ2) is 5.28. The van der Waals surface area contributed by atoms with Crippen molar-refractivity contribution in [3.8, 4) is 22.8 Å². The number of aromatic nitrogens is 6. The molecule has 8 nitrogen and oxygen atoms in total. The maximum Gasteiger partial charge on any atom is 0.225 e. The highest BCUT2D eigenvalue weighted by Gasteiger charge is 2.18. The fraction of sp³-hybridized carbons (Fsp3) is 0. The number of anilines is 2. The molecule has 5 aromatic rings. The number of hydrogen-bond donors (Lipinski definition) is 2. The number of rotatable bonds is 2. The summed E-state index contributed by atoms with van der Waals surface area (Å²) >= 11 is 0. The average molecular weight is 340 g/mol. The molecule has 26 heavy (non-hydrogen) atoms. The van der Waals surface area contributed by atoms with Crippen LogP contribution in [0.15, 0.2) is 48.5 Å². The fourth-order valence-electron chi connectivity index (χ4n) is 3.02. The van der Waals surface area contributed by atoms with Gasteiger partial charge in [0.2, 0.25) is 11.9 Å². The molecule has 0 aliphatic heterocycles. The van der Waals surface area contributed by atoms with Crippen LogP contribution in [0.1, 0.15) is 0 Å². The van der Waals surface area contributed by atoms with Crippen LogP contribution in [0.2, 0.25) is 0 Å². The third kappa shape index (κ3) is 2.16. The van der Waals surface area contributed by atoms with Crippen LogP contribution in [0.5, 0.6) is 0 Å². The Morgan fingerprint density at radius 2 is 1.15 bits per heavy atom. The lowest BCUT2D eigenvalue weighted by atomic mass is 10.0. The van der Waals surface area contributed by atoms with E-state index in [2.05, 4.69) is 29.9 Å². The smallest absolute Gasteiger partial charge is 0.225 e. The maximum atomic E-state index is 5.74. The fourth-order valence-corrected chi connectivity index (χ4v) is 3.02. The molecular weight excluding hydrogens is 328 g/mol. The van der Waals surface area contributed by atoms with Gasteiger partial charge in [-0.05, 0) is 0 Å². The van der Waals surface area contributed by atoms with Crippen molar-refractivity contribution in [2.75, 3.05) is 11.5 Å². The van der Waals surface area contributed by atoms with E-state index < -0.39 is 0 Å². The lowest BCUT2D eigenvalue weighted by Gasteiger charge is -2.12. The summed E-state index contributed by atoms with van der Waals surface area (Å²) in [6, 6.07) is 15.5. The third-order valence-electron chi connectivity index (χ3n) is 4.11. The number of fused-ring (bicyclic) bond motifs is 6. The van der Waals surface area contributed by atoms with Gasteiger partial charge in [0, 0.05) is 21.9 Å². The normalized spacial score (nSPS) is 11.4. The van der Waals surface area contributed by atoms with Crippen LogP contribution in [0.4, 0.5) is 11.9 Å². The summed E-state index contributed by atoms with van der Waals surface area (Å²) in [5, 5.41) is 1.61. The van der Waals surface area contributed by atoms with Gasteiger partial charge in [-0.15, -0.1) is 0 Å². The van der Waals surface area contributed by atoms with Crippen molar-refractivity contribution in [1.29, 1.82) is 0 Å². The predicted molar refractivity (Wildman–Crippen MR) is 99.1 cm³/mol. The van der Waals surface area contributed by atoms with Crippen LogP contribution < -0.4 is 11.5 Å². The van der Waals surface area contributed by atoms with E-state index in [4.69, 9.17) is 11.5 Å². The molecule has 0 aliphatic rings. The second-order valence-electron chi connectivity index (χ2n) is 5.78. The van der Waals surface area contributed by atoms with Crippen molar-refractivity contribution in [2.45, 2.75) is 0 Å². The van der Waals surface area contributed by atoms with Gasteiger partial charge in [0.05, 0.1) is 0 Å². The Morgan fingerprint density at radius 3 is 1.77 bits per heavy atom. The molecular formula is C18H12N8. The van der Waals surface area contributed by atoms with Crippen LogP contribution in [-0.2, 0) is 0 Å². The van der Waals surface area contributed by atoms with E-state index >= 15 is 0 Å². The largest absolute Gasteiger partial charge is 0.368 e. The molecule has 0 amide bonds. The van der Waals surface area contributed by atoms with Crippen LogP contribution in [0.3, 0.4) is 0 Å². The summed E-state index contributed by atoms with van der Waals surface area (Å²) in [7, 11) is 0. The first kappa shape index (κ1) is 14.4. The van der Waals surface area contributed by atoms with E-state index in [9.17, 15) is 0 Å². The van der Waals surface area contributed by atoms with E-state index in [0.29, 0.717) is 22.9 Å². The minimum atomic E-state index is 0.0661. The first-order chi connectivity index (χ1) is 12.7.